The molecule has 3 heteroatoms. The first-order valence-electron chi connectivity index (χ1n) is 8.95. The van der Waals surface area contributed by atoms with Gasteiger partial charge in [-0.3, -0.25) is 0 Å². The molecule has 0 spiro atoms. The van der Waals surface area contributed by atoms with Gasteiger partial charge in [-0.2, -0.15) is 0 Å². The molecule has 3 heterocycles. The number of rotatable bonds is 0. The zero-order valence-corrected chi connectivity index (χ0v) is 14.2. The third-order valence-electron chi connectivity index (χ3n) is 5.49. The summed E-state index contributed by atoms with van der Waals surface area (Å²) in [5.41, 5.74) is 5.08. The van der Waals surface area contributed by atoms with Gasteiger partial charge in [0.25, 0.3) is 0 Å². The number of para-hydroxylation sites is 2. The second kappa shape index (κ2) is 4.51. The minimum Gasteiger partial charge on any atom is -0.456 e. The predicted molar refractivity (Wildman–Crippen MR) is 108 cm³/mol. The Balaban J connectivity index is 1.81. The minimum absolute atomic E-state index is 0.810. The Labute approximate surface area is 152 Å². The van der Waals surface area contributed by atoms with Crippen molar-refractivity contribution in [2.45, 2.75) is 0 Å². The number of benzene rings is 4. The van der Waals surface area contributed by atoms with Crippen molar-refractivity contribution in [3.05, 3.63) is 72.8 Å². The van der Waals surface area contributed by atoms with Crippen LogP contribution >= 0.6 is 0 Å². The summed E-state index contributed by atoms with van der Waals surface area (Å²) < 4.78 is 18.6. The highest BCUT2D eigenvalue weighted by atomic mass is 16.4. The van der Waals surface area contributed by atoms with Crippen molar-refractivity contribution in [2.24, 2.45) is 0 Å². The lowest BCUT2D eigenvalue weighted by Gasteiger charge is -1.93. The van der Waals surface area contributed by atoms with Crippen LogP contribution in [0.3, 0.4) is 0 Å². The molecule has 7 rings (SSSR count). The Bertz CT molecular complexity index is 1550. The van der Waals surface area contributed by atoms with E-state index < -0.39 is 0 Å². The fourth-order valence-electron chi connectivity index (χ4n) is 4.30. The van der Waals surface area contributed by atoms with Crippen LogP contribution in [0, 0.1) is 0 Å². The van der Waals surface area contributed by atoms with Gasteiger partial charge >= 0.3 is 0 Å². The van der Waals surface area contributed by atoms with Gasteiger partial charge in [0.05, 0.1) is 10.8 Å². The Morgan fingerprint density at radius 1 is 0.370 bits per heavy atom. The lowest BCUT2D eigenvalue weighted by Crippen LogP contribution is -1.71. The Morgan fingerprint density at radius 2 is 0.852 bits per heavy atom. The summed E-state index contributed by atoms with van der Waals surface area (Å²) >= 11 is 0. The lowest BCUT2D eigenvalue weighted by atomic mass is 10.1. The van der Waals surface area contributed by atoms with Crippen molar-refractivity contribution in [1.82, 2.24) is 0 Å². The fourth-order valence-corrected chi connectivity index (χ4v) is 4.30. The SMILES string of the molecule is c1ccc2c(c1)oc1c2ccc2oc3ccc4c5ccccc5oc4c3c21. The average Bonchev–Trinajstić information content (AvgIpc) is 3.37. The largest absolute Gasteiger partial charge is 0.456 e. The average molecular weight is 348 g/mol. The van der Waals surface area contributed by atoms with Crippen LogP contribution in [-0.4, -0.2) is 0 Å². The summed E-state index contributed by atoms with van der Waals surface area (Å²) in [6.07, 6.45) is 0. The van der Waals surface area contributed by atoms with Crippen molar-refractivity contribution in [3.8, 4) is 0 Å². The van der Waals surface area contributed by atoms with Crippen molar-refractivity contribution >= 4 is 65.8 Å². The van der Waals surface area contributed by atoms with Crippen molar-refractivity contribution < 1.29 is 13.3 Å². The quantitative estimate of drug-likeness (QED) is 0.287. The Hall–Kier alpha value is -3.72. The van der Waals surface area contributed by atoms with Gasteiger partial charge in [-0.25, -0.2) is 0 Å². The molecule has 4 aromatic carbocycles. The molecule has 0 atom stereocenters. The molecule has 0 aliphatic rings. The van der Waals surface area contributed by atoms with Crippen LogP contribution in [0.2, 0.25) is 0 Å². The van der Waals surface area contributed by atoms with Crippen LogP contribution in [-0.2, 0) is 0 Å². The van der Waals surface area contributed by atoms with E-state index in [2.05, 4.69) is 24.3 Å². The smallest absolute Gasteiger partial charge is 0.147 e. The molecule has 0 aliphatic heterocycles. The van der Waals surface area contributed by atoms with E-state index in [0.717, 1.165) is 65.8 Å². The second-order valence-corrected chi connectivity index (χ2v) is 6.93. The highest BCUT2D eigenvalue weighted by Crippen LogP contribution is 2.43. The molecule has 0 radical (unpaired) electrons. The molecular weight excluding hydrogens is 336 g/mol. The summed E-state index contributed by atoms with van der Waals surface area (Å²) in [4.78, 5) is 0. The van der Waals surface area contributed by atoms with Gasteiger partial charge < -0.3 is 13.3 Å². The minimum atomic E-state index is 0.810. The molecule has 0 N–H and O–H groups in total. The van der Waals surface area contributed by atoms with Crippen LogP contribution < -0.4 is 0 Å². The summed E-state index contributed by atoms with van der Waals surface area (Å²) in [6, 6.07) is 24.4. The van der Waals surface area contributed by atoms with Gasteiger partial charge in [-0.15, -0.1) is 0 Å². The fraction of sp³-hybridized carbons (Fsp3) is 0. The molecule has 3 aromatic heterocycles. The highest BCUT2D eigenvalue weighted by molar-refractivity contribution is 6.28. The van der Waals surface area contributed by atoms with E-state index >= 15 is 0 Å². The first-order chi connectivity index (χ1) is 13.4. The molecule has 0 fully saturated rings. The standard InChI is InChI=1S/C24H12O3/c1-3-7-17-13(5-1)15-9-11-19-21(23(15)26-17)22-20(25-19)12-10-16-14-6-2-4-8-18(14)27-24(16)22/h1-12H. The molecule has 0 bridgehead atoms. The molecule has 0 unspecified atom stereocenters. The van der Waals surface area contributed by atoms with Crippen LogP contribution in [0.1, 0.15) is 0 Å². The van der Waals surface area contributed by atoms with Crippen LogP contribution in [0.15, 0.2) is 86.0 Å². The summed E-state index contributed by atoms with van der Waals surface area (Å²) in [6.45, 7) is 0. The first-order valence-corrected chi connectivity index (χ1v) is 8.95. The molecule has 27 heavy (non-hydrogen) atoms. The van der Waals surface area contributed by atoms with Gasteiger partial charge in [0.15, 0.2) is 0 Å². The van der Waals surface area contributed by atoms with Crippen molar-refractivity contribution in [1.29, 1.82) is 0 Å². The first kappa shape index (κ1) is 13.5. The monoisotopic (exact) mass is 348 g/mol. The zero-order valence-electron chi connectivity index (χ0n) is 14.2. The van der Waals surface area contributed by atoms with E-state index in [1.165, 1.54) is 0 Å². The highest BCUT2D eigenvalue weighted by Gasteiger charge is 2.20. The van der Waals surface area contributed by atoms with Crippen LogP contribution in [0.5, 0.6) is 0 Å². The van der Waals surface area contributed by atoms with E-state index in [1.54, 1.807) is 0 Å². The van der Waals surface area contributed by atoms with Gasteiger partial charge in [0, 0.05) is 21.5 Å². The normalized spacial score (nSPS) is 12.4. The zero-order chi connectivity index (χ0) is 17.5. The van der Waals surface area contributed by atoms with E-state index in [-0.39, 0.29) is 0 Å². The lowest BCUT2D eigenvalue weighted by molar-refractivity contribution is 0.661. The molecule has 3 nitrogen and oxygen atoms in total. The van der Waals surface area contributed by atoms with Crippen molar-refractivity contribution in [2.75, 3.05) is 0 Å². The number of hydrogen-bond acceptors (Lipinski definition) is 3. The van der Waals surface area contributed by atoms with E-state index in [1.807, 2.05) is 48.5 Å². The van der Waals surface area contributed by atoms with Gasteiger partial charge in [0.1, 0.15) is 33.5 Å². The van der Waals surface area contributed by atoms with E-state index in [4.69, 9.17) is 13.3 Å². The number of hydrogen-bond donors (Lipinski definition) is 0. The van der Waals surface area contributed by atoms with Crippen LogP contribution in [0.25, 0.3) is 65.8 Å². The maximum atomic E-state index is 6.25. The maximum absolute atomic E-state index is 6.25. The topological polar surface area (TPSA) is 39.4 Å². The van der Waals surface area contributed by atoms with Gasteiger partial charge in [-0.05, 0) is 36.4 Å². The predicted octanol–water partition coefficient (Wildman–Crippen LogP) is 7.38. The van der Waals surface area contributed by atoms with Crippen molar-refractivity contribution in [3.63, 3.8) is 0 Å². The van der Waals surface area contributed by atoms with E-state index in [9.17, 15) is 0 Å². The second-order valence-electron chi connectivity index (χ2n) is 6.93. The molecule has 0 aliphatic carbocycles. The number of fused-ring (bicyclic) bond motifs is 11. The van der Waals surface area contributed by atoms with Gasteiger partial charge in [0.2, 0.25) is 0 Å². The number of furan rings is 3. The molecule has 0 amide bonds. The van der Waals surface area contributed by atoms with Crippen LogP contribution in [0.4, 0.5) is 0 Å². The summed E-state index contributed by atoms with van der Waals surface area (Å²) in [5.74, 6) is 0. The molecule has 126 valence electrons. The Kier molecular flexibility index (Phi) is 2.25. The van der Waals surface area contributed by atoms with Gasteiger partial charge in [-0.1, -0.05) is 36.4 Å². The Morgan fingerprint density at radius 3 is 1.37 bits per heavy atom. The molecular formula is C24H12O3. The summed E-state index contributed by atoms with van der Waals surface area (Å²) in [5, 5.41) is 6.36. The molecule has 0 saturated carbocycles. The molecule has 7 aromatic rings. The maximum Gasteiger partial charge on any atom is 0.147 e. The molecule has 0 saturated heterocycles. The van der Waals surface area contributed by atoms with E-state index in [0.29, 0.717) is 0 Å². The summed E-state index contributed by atoms with van der Waals surface area (Å²) in [7, 11) is 0. The third kappa shape index (κ3) is 1.57. The third-order valence-corrected chi connectivity index (χ3v) is 5.49.